The molecule has 2 fully saturated rings. The third-order valence-corrected chi connectivity index (χ3v) is 3.45. The third-order valence-electron chi connectivity index (χ3n) is 3.45. The van der Waals surface area contributed by atoms with E-state index in [0.29, 0.717) is 0 Å². The summed E-state index contributed by atoms with van der Waals surface area (Å²) in [6.45, 7) is 5.76. The molecule has 1 aliphatic heterocycles. The predicted molar refractivity (Wildman–Crippen MR) is 59.4 cm³/mol. The van der Waals surface area contributed by atoms with Crippen LogP contribution in [0.4, 0.5) is 0 Å². The van der Waals surface area contributed by atoms with E-state index in [-0.39, 0.29) is 11.9 Å². The average molecular weight is 211 g/mol. The first-order valence-electron chi connectivity index (χ1n) is 6.00. The molecule has 1 amide bonds. The summed E-state index contributed by atoms with van der Waals surface area (Å²) in [4.78, 5) is 16.2. The van der Waals surface area contributed by atoms with Crippen LogP contribution in [-0.2, 0) is 4.79 Å². The van der Waals surface area contributed by atoms with E-state index in [1.54, 1.807) is 0 Å². The lowest BCUT2D eigenvalue weighted by atomic mass is 10.2. The van der Waals surface area contributed by atoms with E-state index < -0.39 is 0 Å². The molecule has 0 spiro atoms. The van der Waals surface area contributed by atoms with E-state index in [2.05, 4.69) is 4.90 Å². The summed E-state index contributed by atoms with van der Waals surface area (Å²) in [7, 11) is 0. The summed E-state index contributed by atoms with van der Waals surface area (Å²) < 4.78 is 0. The van der Waals surface area contributed by atoms with Gasteiger partial charge in [-0.05, 0) is 19.3 Å². The minimum absolute atomic E-state index is 0.132. The fourth-order valence-electron chi connectivity index (χ4n) is 2.16. The van der Waals surface area contributed by atoms with Crippen molar-refractivity contribution in [3.05, 3.63) is 0 Å². The SMILES string of the molecule is CC[C@H](N)C(=O)N1CCN(C2CC2)CC1. The second kappa shape index (κ2) is 4.49. The Morgan fingerprint density at radius 2 is 1.93 bits per heavy atom. The van der Waals surface area contributed by atoms with Crippen molar-refractivity contribution in [2.75, 3.05) is 26.2 Å². The smallest absolute Gasteiger partial charge is 0.239 e. The number of amides is 1. The van der Waals surface area contributed by atoms with E-state index >= 15 is 0 Å². The molecule has 2 N–H and O–H groups in total. The third kappa shape index (κ3) is 2.49. The van der Waals surface area contributed by atoms with Gasteiger partial charge in [0.25, 0.3) is 0 Å². The Morgan fingerprint density at radius 1 is 1.33 bits per heavy atom. The van der Waals surface area contributed by atoms with Gasteiger partial charge in [-0.25, -0.2) is 0 Å². The van der Waals surface area contributed by atoms with E-state index in [1.807, 2.05) is 11.8 Å². The maximum Gasteiger partial charge on any atom is 0.239 e. The highest BCUT2D eigenvalue weighted by Gasteiger charge is 2.32. The molecular weight excluding hydrogens is 190 g/mol. The van der Waals surface area contributed by atoms with Crippen LogP contribution in [0.5, 0.6) is 0 Å². The molecule has 0 radical (unpaired) electrons. The number of carbonyl (C=O) groups is 1. The summed E-state index contributed by atoms with van der Waals surface area (Å²) in [5.41, 5.74) is 5.75. The van der Waals surface area contributed by atoms with E-state index in [0.717, 1.165) is 38.6 Å². The van der Waals surface area contributed by atoms with Gasteiger partial charge in [-0.2, -0.15) is 0 Å². The highest BCUT2D eigenvalue weighted by Crippen LogP contribution is 2.27. The summed E-state index contributed by atoms with van der Waals surface area (Å²) in [6, 6.07) is 0.527. The van der Waals surface area contributed by atoms with Crippen molar-refractivity contribution in [3.63, 3.8) is 0 Å². The fraction of sp³-hybridized carbons (Fsp3) is 0.909. The lowest BCUT2D eigenvalue weighted by Gasteiger charge is -2.35. The Hall–Kier alpha value is -0.610. The van der Waals surface area contributed by atoms with Crippen LogP contribution in [0, 0.1) is 0 Å². The molecule has 4 heteroatoms. The van der Waals surface area contributed by atoms with E-state index in [1.165, 1.54) is 12.8 Å². The molecule has 0 bridgehead atoms. The monoisotopic (exact) mass is 211 g/mol. The zero-order chi connectivity index (χ0) is 10.8. The topological polar surface area (TPSA) is 49.6 Å². The van der Waals surface area contributed by atoms with Crippen molar-refractivity contribution in [2.45, 2.75) is 38.3 Å². The van der Waals surface area contributed by atoms with Crippen LogP contribution in [0.1, 0.15) is 26.2 Å². The molecule has 0 aromatic rings. The van der Waals surface area contributed by atoms with Crippen LogP contribution in [0.15, 0.2) is 0 Å². The van der Waals surface area contributed by atoms with Crippen LogP contribution in [0.3, 0.4) is 0 Å². The van der Waals surface area contributed by atoms with Gasteiger partial charge in [0.2, 0.25) is 5.91 Å². The number of nitrogens with zero attached hydrogens (tertiary/aromatic N) is 2. The zero-order valence-electron chi connectivity index (χ0n) is 9.48. The molecule has 1 saturated heterocycles. The van der Waals surface area contributed by atoms with Crippen molar-refractivity contribution >= 4 is 5.91 Å². The van der Waals surface area contributed by atoms with Gasteiger partial charge in [0.05, 0.1) is 6.04 Å². The van der Waals surface area contributed by atoms with E-state index in [4.69, 9.17) is 5.73 Å². The van der Waals surface area contributed by atoms with Crippen LogP contribution in [0.25, 0.3) is 0 Å². The van der Waals surface area contributed by atoms with Gasteiger partial charge < -0.3 is 10.6 Å². The molecule has 1 saturated carbocycles. The highest BCUT2D eigenvalue weighted by atomic mass is 16.2. The fourth-order valence-corrected chi connectivity index (χ4v) is 2.16. The highest BCUT2D eigenvalue weighted by molar-refractivity contribution is 5.81. The second-order valence-electron chi connectivity index (χ2n) is 4.61. The number of nitrogens with two attached hydrogens (primary N) is 1. The first-order valence-corrected chi connectivity index (χ1v) is 6.00. The molecule has 86 valence electrons. The van der Waals surface area contributed by atoms with Crippen molar-refractivity contribution in [1.82, 2.24) is 9.80 Å². The minimum atomic E-state index is -0.294. The molecule has 1 heterocycles. The van der Waals surface area contributed by atoms with Gasteiger partial charge >= 0.3 is 0 Å². The van der Waals surface area contributed by atoms with Crippen molar-refractivity contribution in [1.29, 1.82) is 0 Å². The molecule has 1 atom stereocenters. The van der Waals surface area contributed by atoms with Gasteiger partial charge in [0.1, 0.15) is 0 Å². The normalized spacial score (nSPS) is 25.3. The number of carbonyl (C=O) groups excluding carboxylic acids is 1. The van der Waals surface area contributed by atoms with Gasteiger partial charge in [-0.15, -0.1) is 0 Å². The quantitative estimate of drug-likeness (QED) is 0.716. The van der Waals surface area contributed by atoms with Crippen LogP contribution < -0.4 is 5.73 Å². The molecule has 1 aliphatic carbocycles. The zero-order valence-corrected chi connectivity index (χ0v) is 9.48. The average Bonchev–Trinajstić information content (AvgIpc) is 3.11. The van der Waals surface area contributed by atoms with Gasteiger partial charge in [0, 0.05) is 32.2 Å². The maximum absolute atomic E-state index is 11.8. The van der Waals surface area contributed by atoms with Gasteiger partial charge in [0.15, 0.2) is 0 Å². The molecule has 0 aromatic heterocycles. The Morgan fingerprint density at radius 3 is 2.40 bits per heavy atom. The molecule has 15 heavy (non-hydrogen) atoms. The van der Waals surface area contributed by atoms with Crippen LogP contribution in [0.2, 0.25) is 0 Å². The van der Waals surface area contributed by atoms with Crippen LogP contribution in [-0.4, -0.2) is 54.0 Å². The van der Waals surface area contributed by atoms with Crippen molar-refractivity contribution in [3.8, 4) is 0 Å². The Labute approximate surface area is 91.4 Å². The summed E-state index contributed by atoms with van der Waals surface area (Å²) in [6.07, 6.45) is 3.44. The number of hydrogen-bond acceptors (Lipinski definition) is 3. The molecular formula is C11H21N3O. The molecule has 0 unspecified atom stereocenters. The standard InChI is InChI=1S/C11H21N3O/c1-2-10(12)11(15)14-7-5-13(6-8-14)9-3-4-9/h9-10H,2-8,12H2,1H3/t10-/m0/s1. The van der Waals surface area contributed by atoms with Gasteiger partial charge in [-0.1, -0.05) is 6.92 Å². The first kappa shape index (κ1) is 10.9. The first-order chi connectivity index (χ1) is 7.22. The summed E-state index contributed by atoms with van der Waals surface area (Å²) in [5.74, 6) is 0.132. The summed E-state index contributed by atoms with van der Waals surface area (Å²) in [5, 5.41) is 0. The Kier molecular flexibility index (Phi) is 3.26. The van der Waals surface area contributed by atoms with Crippen molar-refractivity contribution in [2.24, 2.45) is 5.73 Å². The summed E-state index contributed by atoms with van der Waals surface area (Å²) >= 11 is 0. The Bertz CT molecular complexity index is 232. The van der Waals surface area contributed by atoms with Crippen LogP contribution >= 0.6 is 0 Å². The predicted octanol–water partition coefficient (Wildman–Crippen LogP) is 0.0303. The lowest BCUT2D eigenvalue weighted by Crippen LogP contribution is -2.53. The largest absolute Gasteiger partial charge is 0.339 e. The minimum Gasteiger partial charge on any atom is -0.339 e. The number of piperazine rings is 1. The number of rotatable bonds is 3. The number of hydrogen-bond donors (Lipinski definition) is 1. The molecule has 2 rings (SSSR count). The molecule has 4 nitrogen and oxygen atoms in total. The lowest BCUT2D eigenvalue weighted by molar-refractivity contribution is -0.134. The molecule has 0 aromatic carbocycles. The van der Waals surface area contributed by atoms with E-state index in [9.17, 15) is 4.79 Å². The second-order valence-corrected chi connectivity index (χ2v) is 4.61. The Balaban J connectivity index is 1.79. The molecule has 2 aliphatic rings. The van der Waals surface area contributed by atoms with Gasteiger partial charge in [-0.3, -0.25) is 9.69 Å². The maximum atomic E-state index is 11.8. The van der Waals surface area contributed by atoms with Crippen molar-refractivity contribution < 1.29 is 4.79 Å².